The number of methoxy groups -OCH3 is 1. The van der Waals surface area contributed by atoms with Gasteiger partial charge in [-0.1, -0.05) is 5.16 Å². The Labute approximate surface area is 94.3 Å². The SMILES string of the molecule is COC(=O)C1CCCN1Cc1cc(C)no1. The molecule has 1 unspecified atom stereocenters. The van der Waals surface area contributed by atoms with E-state index in [1.165, 1.54) is 7.11 Å². The Hall–Kier alpha value is -1.36. The quantitative estimate of drug-likeness (QED) is 0.720. The molecule has 1 saturated heterocycles. The lowest BCUT2D eigenvalue weighted by Gasteiger charge is -2.20. The summed E-state index contributed by atoms with van der Waals surface area (Å²) >= 11 is 0. The molecule has 1 aliphatic rings. The van der Waals surface area contributed by atoms with E-state index < -0.39 is 0 Å². The third-order valence-electron chi connectivity index (χ3n) is 2.87. The van der Waals surface area contributed by atoms with Crippen LogP contribution in [0.25, 0.3) is 0 Å². The van der Waals surface area contributed by atoms with Gasteiger partial charge in [0.2, 0.25) is 0 Å². The number of ether oxygens (including phenoxy) is 1. The van der Waals surface area contributed by atoms with Gasteiger partial charge in [-0.3, -0.25) is 9.69 Å². The molecule has 0 bridgehead atoms. The third-order valence-corrected chi connectivity index (χ3v) is 2.87. The van der Waals surface area contributed by atoms with Gasteiger partial charge in [0.1, 0.15) is 6.04 Å². The predicted octanol–water partition coefficient (Wildman–Crippen LogP) is 1.12. The molecule has 1 aromatic rings. The van der Waals surface area contributed by atoms with Gasteiger partial charge >= 0.3 is 5.97 Å². The summed E-state index contributed by atoms with van der Waals surface area (Å²) in [6.07, 6.45) is 1.88. The van der Waals surface area contributed by atoms with E-state index >= 15 is 0 Å². The lowest BCUT2D eigenvalue weighted by molar-refractivity contribution is -0.146. The first-order valence-corrected chi connectivity index (χ1v) is 5.45. The van der Waals surface area contributed by atoms with E-state index in [1.807, 2.05) is 13.0 Å². The summed E-state index contributed by atoms with van der Waals surface area (Å²) in [5.74, 6) is 0.641. The molecule has 0 amide bonds. The number of esters is 1. The van der Waals surface area contributed by atoms with Crippen molar-refractivity contribution in [1.29, 1.82) is 0 Å². The Morgan fingerprint density at radius 3 is 3.19 bits per heavy atom. The first-order valence-electron chi connectivity index (χ1n) is 5.45. The number of carbonyl (C=O) groups excluding carboxylic acids is 1. The lowest BCUT2D eigenvalue weighted by atomic mass is 10.2. The Bertz CT molecular complexity index is 375. The minimum absolute atomic E-state index is 0.129. The molecule has 1 aliphatic heterocycles. The van der Waals surface area contributed by atoms with Gasteiger partial charge < -0.3 is 9.26 Å². The highest BCUT2D eigenvalue weighted by Gasteiger charge is 2.31. The van der Waals surface area contributed by atoms with Crippen LogP contribution in [-0.2, 0) is 16.1 Å². The van der Waals surface area contributed by atoms with Crippen LogP contribution in [0.3, 0.4) is 0 Å². The predicted molar refractivity (Wildman–Crippen MR) is 56.7 cm³/mol. The van der Waals surface area contributed by atoms with Crippen molar-refractivity contribution in [2.45, 2.75) is 32.4 Å². The molecule has 5 nitrogen and oxygen atoms in total. The minimum Gasteiger partial charge on any atom is -0.468 e. The highest BCUT2D eigenvalue weighted by atomic mass is 16.5. The Morgan fingerprint density at radius 1 is 1.75 bits per heavy atom. The largest absolute Gasteiger partial charge is 0.468 e. The van der Waals surface area contributed by atoms with Gasteiger partial charge in [-0.15, -0.1) is 0 Å². The number of carbonyl (C=O) groups is 1. The van der Waals surface area contributed by atoms with Crippen LogP contribution in [-0.4, -0.2) is 35.7 Å². The van der Waals surface area contributed by atoms with E-state index in [9.17, 15) is 4.79 Å². The number of likely N-dealkylation sites (tertiary alicyclic amines) is 1. The summed E-state index contributed by atoms with van der Waals surface area (Å²) in [7, 11) is 1.43. The van der Waals surface area contributed by atoms with Crippen LogP contribution in [0.5, 0.6) is 0 Å². The second-order valence-corrected chi connectivity index (χ2v) is 4.09. The number of aromatic nitrogens is 1. The van der Waals surface area contributed by atoms with Gasteiger partial charge in [0.25, 0.3) is 0 Å². The first-order chi connectivity index (χ1) is 7.70. The molecule has 2 heterocycles. The molecule has 0 N–H and O–H groups in total. The normalized spacial score (nSPS) is 21.2. The fourth-order valence-electron chi connectivity index (χ4n) is 2.11. The Balaban J connectivity index is 2.01. The molecule has 0 spiro atoms. The average molecular weight is 224 g/mol. The Morgan fingerprint density at radius 2 is 2.56 bits per heavy atom. The average Bonchev–Trinajstić information content (AvgIpc) is 2.87. The third kappa shape index (κ3) is 2.24. The van der Waals surface area contributed by atoms with Crippen molar-refractivity contribution in [2.75, 3.05) is 13.7 Å². The zero-order valence-corrected chi connectivity index (χ0v) is 9.60. The summed E-state index contributed by atoms with van der Waals surface area (Å²) < 4.78 is 9.92. The van der Waals surface area contributed by atoms with Crippen LogP contribution in [0.1, 0.15) is 24.3 Å². The maximum Gasteiger partial charge on any atom is 0.323 e. The van der Waals surface area contributed by atoms with Gasteiger partial charge in [0.05, 0.1) is 19.3 Å². The van der Waals surface area contributed by atoms with E-state index in [0.717, 1.165) is 30.8 Å². The van der Waals surface area contributed by atoms with E-state index in [0.29, 0.717) is 6.54 Å². The van der Waals surface area contributed by atoms with Crippen molar-refractivity contribution in [3.05, 3.63) is 17.5 Å². The summed E-state index contributed by atoms with van der Waals surface area (Å²) in [6.45, 7) is 3.41. The second-order valence-electron chi connectivity index (χ2n) is 4.09. The maximum absolute atomic E-state index is 11.5. The lowest BCUT2D eigenvalue weighted by Crippen LogP contribution is -2.36. The van der Waals surface area contributed by atoms with Crippen molar-refractivity contribution < 1.29 is 14.1 Å². The van der Waals surface area contributed by atoms with Crippen LogP contribution in [0.2, 0.25) is 0 Å². The van der Waals surface area contributed by atoms with Crippen molar-refractivity contribution >= 4 is 5.97 Å². The molecule has 88 valence electrons. The number of nitrogens with zero attached hydrogens (tertiary/aromatic N) is 2. The van der Waals surface area contributed by atoms with Gasteiger partial charge in [0, 0.05) is 6.07 Å². The van der Waals surface area contributed by atoms with Gasteiger partial charge in [-0.2, -0.15) is 0 Å². The standard InChI is InChI=1S/C11H16N2O3/c1-8-6-9(16-12-8)7-13-5-3-4-10(13)11(14)15-2/h6,10H,3-5,7H2,1-2H3. The molecule has 1 fully saturated rings. The van der Waals surface area contributed by atoms with Crippen LogP contribution in [0.4, 0.5) is 0 Å². The molecule has 0 aromatic carbocycles. The fraction of sp³-hybridized carbons (Fsp3) is 0.636. The topological polar surface area (TPSA) is 55.6 Å². The highest BCUT2D eigenvalue weighted by molar-refractivity contribution is 5.75. The summed E-state index contributed by atoms with van der Waals surface area (Å²) in [6, 6.07) is 1.77. The van der Waals surface area contributed by atoms with Gasteiger partial charge in [-0.25, -0.2) is 0 Å². The molecule has 0 aliphatic carbocycles. The van der Waals surface area contributed by atoms with Crippen LogP contribution in [0.15, 0.2) is 10.6 Å². The molecule has 0 saturated carbocycles. The van der Waals surface area contributed by atoms with Crippen LogP contribution in [0, 0.1) is 6.92 Å². The molecule has 16 heavy (non-hydrogen) atoms. The highest BCUT2D eigenvalue weighted by Crippen LogP contribution is 2.21. The van der Waals surface area contributed by atoms with Crippen molar-refractivity contribution in [2.24, 2.45) is 0 Å². The zero-order chi connectivity index (χ0) is 11.5. The maximum atomic E-state index is 11.5. The monoisotopic (exact) mass is 224 g/mol. The molecular formula is C11H16N2O3. The summed E-state index contributed by atoms with van der Waals surface area (Å²) in [5.41, 5.74) is 0.865. The summed E-state index contributed by atoms with van der Waals surface area (Å²) in [4.78, 5) is 13.6. The number of hydrogen-bond acceptors (Lipinski definition) is 5. The first kappa shape index (κ1) is 11.1. The van der Waals surface area contributed by atoms with Gasteiger partial charge in [0.15, 0.2) is 5.76 Å². The van der Waals surface area contributed by atoms with Crippen molar-refractivity contribution in [3.8, 4) is 0 Å². The molecule has 2 rings (SSSR count). The van der Waals surface area contributed by atoms with Crippen molar-refractivity contribution in [1.82, 2.24) is 10.1 Å². The number of hydrogen-bond donors (Lipinski definition) is 0. The Kier molecular flexibility index (Phi) is 3.24. The van der Waals surface area contributed by atoms with Crippen LogP contribution < -0.4 is 0 Å². The smallest absolute Gasteiger partial charge is 0.323 e. The van der Waals surface area contributed by atoms with E-state index in [-0.39, 0.29) is 12.0 Å². The van der Waals surface area contributed by atoms with E-state index in [2.05, 4.69) is 10.1 Å². The molecule has 5 heteroatoms. The minimum atomic E-state index is -0.159. The number of aryl methyl sites for hydroxylation is 1. The van der Waals surface area contributed by atoms with E-state index in [1.54, 1.807) is 0 Å². The molecular weight excluding hydrogens is 208 g/mol. The zero-order valence-electron chi connectivity index (χ0n) is 9.60. The fourth-order valence-corrected chi connectivity index (χ4v) is 2.11. The molecule has 1 atom stereocenters. The number of rotatable bonds is 3. The molecule has 1 aromatic heterocycles. The summed E-state index contributed by atoms with van der Waals surface area (Å²) in [5, 5.41) is 3.83. The van der Waals surface area contributed by atoms with E-state index in [4.69, 9.17) is 9.26 Å². The molecule has 0 radical (unpaired) electrons. The van der Waals surface area contributed by atoms with Crippen molar-refractivity contribution in [3.63, 3.8) is 0 Å². The second kappa shape index (κ2) is 4.65. The van der Waals surface area contributed by atoms with Crippen LogP contribution >= 0.6 is 0 Å². The van der Waals surface area contributed by atoms with Gasteiger partial charge in [-0.05, 0) is 26.3 Å².